The Bertz CT molecular complexity index is 1850. The molecule has 182 valence electrons. The number of rotatable bonds is 6. The first-order valence-electron chi connectivity index (χ1n) is 12.2. The van der Waals surface area contributed by atoms with Gasteiger partial charge in [-0.3, -0.25) is 23.6 Å². The van der Waals surface area contributed by atoms with Crippen molar-refractivity contribution in [2.75, 3.05) is 0 Å². The highest BCUT2D eigenvalue weighted by Gasteiger charge is 2.22. The number of aryl methyl sites for hydroxylation is 2. The second kappa shape index (κ2) is 9.35. The van der Waals surface area contributed by atoms with Crippen LogP contribution in [0.3, 0.4) is 0 Å². The van der Waals surface area contributed by atoms with Gasteiger partial charge in [-0.05, 0) is 40.5 Å². The molecule has 0 amide bonds. The minimum atomic E-state index is -0.371. The molecule has 3 aromatic heterocycles. The molecule has 3 heterocycles. The summed E-state index contributed by atoms with van der Waals surface area (Å²) in [5.74, 6) is 0. The minimum Gasteiger partial charge on any atom is -0.276 e. The number of hydrogen-bond acceptors (Lipinski definition) is 4. The molecule has 0 spiro atoms. The predicted molar refractivity (Wildman–Crippen MR) is 146 cm³/mol. The largest absolute Gasteiger partial charge is 0.332 e. The smallest absolute Gasteiger partial charge is 0.276 e. The van der Waals surface area contributed by atoms with Crippen LogP contribution in [0.2, 0.25) is 0 Å². The van der Waals surface area contributed by atoms with Gasteiger partial charge in [0.15, 0.2) is 5.65 Å². The lowest BCUT2D eigenvalue weighted by Gasteiger charge is -2.10. The van der Waals surface area contributed by atoms with Crippen LogP contribution in [-0.4, -0.2) is 23.9 Å². The van der Waals surface area contributed by atoms with Crippen LogP contribution < -0.4 is 11.2 Å². The molecule has 6 aromatic rings. The van der Waals surface area contributed by atoms with Crippen molar-refractivity contribution >= 4 is 21.8 Å². The Kier molecular flexibility index (Phi) is 5.73. The highest BCUT2D eigenvalue weighted by Crippen LogP contribution is 2.28. The van der Waals surface area contributed by atoms with Gasteiger partial charge in [-0.25, -0.2) is 4.79 Å². The summed E-state index contributed by atoms with van der Waals surface area (Å²) in [5.41, 5.74) is 3.37. The molecule has 0 unspecified atom stereocenters. The molecule has 7 nitrogen and oxygen atoms in total. The third-order valence-electron chi connectivity index (χ3n) is 6.85. The number of aromatic nitrogens is 5. The van der Waals surface area contributed by atoms with E-state index in [1.54, 1.807) is 17.0 Å². The Morgan fingerprint density at radius 3 is 2.35 bits per heavy atom. The summed E-state index contributed by atoms with van der Waals surface area (Å²) < 4.78 is 4.65. The van der Waals surface area contributed by atoms with Gasteiger partial charge in [-0.2, -0.15) is 5.10 Å². The van der Waals surface area contributed by atoms with Crippen LogP contribution in [0.25, 0.3) is 33.1 Å². The van der Waals surface area contributed by atoms with Gasteiger partial charge in [0.2, 0.25) is 0 Å². The topological polar surface area (TPSA) is 74.7 Å². The van der Waals surface area contributed by atoms with Crippen LogP contribution in [0.5, 0.6) is 0 Å². The standard InChI is InChI=1S/C30H25N5O2/c1-33-29(36)26-27(23-14-17-31-18-15-23)35(20-24-12-7-11-22-10-5-6-13-25(22)24)32-28(26)34(30(33)37)19-16-21-8-3-2-4-9-21/h2-15,17-18H,16,19-20H2,1H3. The van der Waals surface area contributed by atoms with Crippen molar-refractivity contribution in [2.45, 2.75) is 19.5 Å². The molecule has 0 atom stereocenters. The molecule has 0 aliphatic heterocycles. The second-order valence-corrected chi connectivity index (χ2v) is 9.11. The lowest BCUT2D eigenvalue weighted by atomic mass is 10.0. The van der Waals surface area contributed by atoms with Crippen molar-refractivity contribution in [3.05, 3.63) is 129 Å². The lowest BCUT2D eigenvalue weighted by molar-refractivity contribution is 0.611. The summed E-state index contributed by atoms with van der Waals surface area (Å²) in [5, 5.41) is 7.61. The molecule has 0 saturated carbocycles. The van der Waals surface area contributed by atoms with E-state index in [9.17, 15) is 9.59 Å². The summed E-state index contributed by atoms with van der Waals surface area (Å²) in [4.78, 5) is 31.0. The first-order valence-corrected chi connectivity index (χ1v) is 12.2. The normalized spacial score (nSPS) is 11.4. The van der Waals surface area contributed by atoms with Gasteiger partial charge in [-0.1, -0.05) is 72.8 Å². The van der Waals surface area contributed by atoms with Gasteiger partial charge in [-0.15, -0.1) is 0 Å². The van der Waals surface area contributed by atoms with Crippen molar-refractivity contribution in [2.24, 2.45) is 7.05 Å². The van der Waals surface area contributed by atoms with E-state index in [0.29, 0.717) is 36.2 Å². The number of pyridine rings is 1. The second-order valence-electron chi connectivity index (χ2n) is 9.11. The van der Waals surface area contributed by atoms with Crippen molar-refractivity contribution in [3.63, 3.8) is 0 Å². The van der Waals surface area contributed by atoms with Crippen molar-refractivity contribution in [1.29, 1.82) is 0 Å². The van der Waals surface area contributed by atoms with Crippen LogP contribution in [0, 0.1) is 0 Å². The van der Waals surface area contributed by atoms with E-state index in [0.717, 1.165) is 27.5 Å². The van der Waals surface area contributed by atoms with Crippen LogP contribution in [0.1, 0.15) is 11.1 Å². The third-order valence-corrected chi connectivity index (χ3v) is 6.85. The molecular formula is C30H25N5O2. The van der Waals surface area contributed by atoms with E-state index in [2.05, 4.69) is 29.2 Å². The number of fused-ring (bicyclic) bond motifs is 2. The molecular weight excluding hydrogens is 462 g/mol. The Morgan fingerprint density at radius 1 is 0.811 bits per heavy atom. The monoisotopic (exact) mass is 487 g/mol. The molecule has 0 aliphatic rings. The molecule has 6 rings (SSSR count). The molecule has 37 heavy (non-hydrogen) atoms. The maximum Gasteiger partial charge on any atom is 0.332 e. The van der Waals surface area contributed by atoms with Crippen LogP contribution >= 0.6 is 0 Å². The van der Waals surface area contributed by atoms with Gasteiger partial charge in [0.05, 0.1) is 12.2 Å². The van der Waals surface area contributed by atoms with Crippen molar-refractivity contribution in [3.8, 4) is 11.3 Å². The molecule has 0 aliphatic carbocycles. The zero-order valence-electron chi connectivity index (χ0n) is 20.4. The Hall–Kier alpha value is -4.78. The molecule has 0 bridgehead atoms. The van der Waals surface area contributed by atoms with Gasteiger partial charge < -0.3 is 0 Å². The Labute approximate surface area is 212 Å². The molecule has 0 fully saturated rings. The zero-order valence-corrected chi connectivity index (χ0v) is 20.4. The predicted octanol–water partition coefficient (Wildman–Crippen LogP) is 4.40. The number of hydrogen-bond donors (Lipinski definition) is 0. The van der Waals surface area contributed by atoms with E-state index in [1.165, 1.54) is 11.6 Å². The van der Waals surface area contributed by atoms with Crippen molar-refractivity contribution in [1.82, 2.24) is 23.9 Å². The van der Waals surface area contributed by atoms with E-state index in [4.69, 9.17) is 5.10 Å². The van der Waals surface area contributed by atoms with E-state index < -0.39 is 0 Å². The maximum atomic E-state index is 13.5. The quantitative estimate of drug-likeness (QED) is 0.349. The van der Waals surface area contributed by atoms with Gasteiger partial charge in [0, 0.05) is 31.5 Å². The van der Waals surface area contributed by atoms with Gasteiger partial charge in [0.1, 0.15) is 5.39 Å². The zero-order chi connectivity index (χ0) is 25.4. The Morgan fingerprint density at radius 2 is 1.54 bits per heavy atom. The fourth-order valence-corrected chi connectivity index (χ4v) is 4.96. The molecule has 0 saturated heterocycles. The molecule has 7 heteroatoms. The third kappa shape index (κ3) is 4.04. The summed E-state index contributed by atoms with van der Waals surface area (Å²) in [6, 6.07) is 28.1. The fraction of sp³-hybridized carbons (Fsp3) is 0.133. The van der Waals surface area contributed by atoms with Crippen molar-refractivity contribution < 1.29 is 0 Å². The van der Waals surface area contributed by atoms with Crippen LogP contribution in [0.15, 0.2) is 107 Å². The van der Waals surface area contributed by atoms with E-state index in [1.807, 2.05) is 65.3 Å². The number of benzene rings is 3. The van der Waals surface area contributed by atoms with E-state index >= 15 is 0 Å². The average Bonchev–Trinajstić information content (AvgIpc) is 3.32. The molecule has 0 N–H and O–H groups in total. The van der Waals surface area contributed by atoms with Crippen LogP contribution in [0.4, 0.5) is 0 Å². The summed E-state index contributed by atoms with van der Waals surface area (Å²) in [6.07, 6.45) is 4.05. The Balaban J connectivity index is 1.58. The van der Waals surface area contributed by atoms with E-state index in [-0.39, 0.29) is 11.2 Å². The average molecular weight is 488 g/mol. The first kappa shape index (κ1) is 22.7. The summed E-state index contributed by atoms with van der Waals surface area (Å²) >= 11 is 0. The molecule has 0 radical (unpaired) electrons. The number of nitrogens with zero attached hydrogens (tertiary/aromatic N) is 5. The highest BCUT2D eigenvalue weighted by atomic mass is 16.2. The van der Waals surface area contributed by atoms with Gasteiger partial charge >= 0.3 is 5.69 Å². The molecule has 3 aromatic carbocycles. The lowest BCUT2D eigenvalue weighted by Crippen LogP contribution is -2.38. The first-order chi connectivity index (χ1) is 18.1. The van der Waals surface area contributed by atoms with Crippen LogP contribution in [-0.2, 0) is 26.6 Å². The SMILES string of the molecule is Cn1c(=O)c2c(-c3ccncc3)n(Cc3cccc4ccccc34)nc2n(CCc2ccccc2)c1=O. The summed E-state index contributed by atoms with van der Waals surface area (Å²) in [7, 11) is 1.53. The highest BCUT2D eigenvalue weighted by molar-refractivity contribution is 5.91. The summed E-state index contributed by atoms with van der Waals surface area (Å²) in [6.45, 7) is 0.859. The fourth-order valence-electron chi connectivity index (χ4n) is 4.96. The van der Waals surface area contributed by atoms with Gasteiger partial charge in [0.25, 0.3) is 5.56 Å². The maximum absolute atomic E-state index is 13.5. The minimum absolute atomic E-state index is 0.355.